The van der Waals surface area contributed by atoms with Crippen LogP contribution in [0, 0.1) is 6.92 Å². The lowest BCUT2D eigenvalue weighted by atomic mass is 9.99. The zero-order chi connectivity index (χ0) is 19.3. The quantitative estimate of drug-likeness (QED) is 0.792. The molecule has 26 heavy (non-hydrogen) atoms. The van der Waals surface area contributed by atoms with E-state index in [2.05, 4.69) is 4.98 Å². The number of nitrogens with zero attached hydrogens (tertiary/aromatic N) is 1. The minimum atomic E-state index is -0.820. The van der Waals surface area contributed by atoms with Crippen LogP contribution in [-0.4, -0.2) is 43.4 Å². The number of aryl methyl sites for hydroxylation is 3. The standard InChI is InChI=1S/C19H21NO6/c1-11-17(21)16(19(23)26-4)15(18(22)25-3)14(20-11)10-7-12-5-8-13(24-2)9-6-12/h5-6,8-9,21H,7,10H2,1-4H3. The third kappa shape index (κ3) is 3.93. The van der Waals surface area contributed by atoms with Gasteiger partial charge in [-0.2, -0.15) is 0 Å². The summed E-state index contributed by atoms with van der Waals surface area (Å²) in [7, 11) is 3.97. The summed E-state index contributed by atoms with van der Waals surface area (Å²) in [4.78, 5) is 28.6. The molecule has 1 aromatic carbocycles. The molecule has 7 heteroatoms. The van der Waals surface area contributed by atoms with Crippen LogP contribution in [0.25, 0.3) is 0 Å². The Morgan fingerprint density at radius 2 is 1.54 bits per heavy atom. The first kappa shape index (κ1) is 19.2. The van der Waals surface area contributed by atoms with Gasteiger partial charge in [-0.3, -0.25) is 4.98 Å². The maximum absolute atomic E-state index is 12.2. The van der Waals surface area contributed by atoms with Crippen molar-refractivity contribution in [1.82, 2.24) is 4.98 Å². The number of esters is 2. The van der Waals surface area contributed by atoms with E-state index in [1.165, 1.54) is 14.2 Å². The Bertz CT molecular complexity index is 814. The van der Waals surface area contributed by atoms with E-state index < -0.39 is 11.9 Å². The molecular formula is C19H21NO6. The van der Waals surface area contributed by atoms with Gasteiger partial charge >= 0.3 is 11.9 Å². The third-order valence-corrected chi connectivity index (χ3v) is 4.01. The molecule has 0 aliphatic heterocycles. The van der Waals surface area contributed by atoms with Crippen LogP contribution >= 0.6 is 0 Å². The second-order valence-corrected chi connectivity index (χ2v) is 5.57. The summed E-state index contributed by atoms with van der Waals surface area (Å²) in [6.07, 6.45) is 0.952. The molecule has 0 aliphatic carbocycles. The highest BCUT2D eigenvalue weighted by atomic mass is 16.5. The summed E-state index contributed by atoms with van der Waals surface area (Å²) in [6.45, 7) is 1.56. The fraction of sp³-hybridized carbons (Fsp3) is 0.316. The molecule has 138 valence electrons. The third-order valence-electron chi connectivity index (χ3n) is 4.01. The van der Waals surface area contributed by atoms with Crippen molar-refractivity contribution in [1.29, 1.82) is 0 Å². The minimum absolute atomic E-state index is 0.0732. The van der Waals surface area contributed by atoms with Crippen molar-refractivity contribution in [3.05, 3.63) is 52.3 Å². The van der Waals surface area contributed by atoms with Crippen LogP contribution < -0.4 is 4.74 Å². The summed E-state index contributed by atoms with van der Waals surface area (Å²) in [5, 5.41) is 10.2. The predicted octanol–water partition coefficient (Wildman–Crippen LogP) is 2.46. The molecule has 7 nitrogen and oxygen atoms in total. The molecule has 0 radical (unpaired) electrons. The van der Waals surface area contributed by atoms with Crippen molar-refractivity contribution in [3.63, 3.8) is 0 Å². The number of ether oxygens (including phenoxy) is 3. The Morgan fingerprint density at radius 1 is 0.962 bits per heavy atom. The lowest BCUT2D eigenvalue weighted by molar-refractivity contribution is 0.0550. The molecule has 0 saturated carbocycles. The number of benzene rings is 1. The molecule has 0 unspecified atom stereocenters. The van der Waals surface area contributed by atoms with Gasteiger partial charge in [0.15, 0.2) is 5.75 Å². The number of methoxy groups -OCH3 is 3. The SMILES string of the molecule is COC(=O)c1c(CCc2ccc(OC)cc2)nc(C)c(O)c1C(=O)OC. The second-order valence-electron chi connectivity index (χ2n) is 5.57. The van der Waals surface area contributed by atoms with Crippen molar-refractivity contribution in [3.8, 4) is 11.5 Å². The average molecular weight is 359 g/mol. The van der Waals surface area contributed by atoms with E-state index in [1.54, 1.807) is 14.0 Å². The number of hydrogen-bond acceptors (Lipinski definition) is 7. The zero-order valence-electron chi connectivity index (χ0n) is 15.2. The number of aromatic hydroxyl groups is 1. The lowest BCUT2D eigenvalue weighted by Crippen LogP contribution is -2.18. The van der Waals surface area contributed by atoms with Crippen LogP contribution in [0.2, 0.25) is 0 Å². The Morgan fingerprint density at radius 3 is 2.08 bits per heavy atom. The van der Waals surface area contributed by atoms with E-state index >= 15 is 0 Å². The first-order valence-electron chi connectivity index (χ1n) is 7.94. The molecule has 1 heterocycles. The van der Waals surface area contributed by atoms with E-state index in [-0.39, 0.29) is 22.6 Å². The van der Waals surface area contributed by atoms with Gasteiger partial charge in [-0.1, -0.05) is 12.1 Å². The van der Waals surface area contributed by atoms with Gasteiger partial charge in [-0.15, -0.1) is 0 Å². The maximum Gasteiger partial charge on any atom is 0.342 e. The van der Waals surface area contributed by atoms with Crippen molar-refractivity contribution in [2.75, 3.05) is 21.3 Å². The summed E-state index contributed by atoms with van der Waals surface area (Å²) >= 11 is 0. The van der Waals surface area contributed by atoms with Gasteiger partial charge in [0.1, 0.15) is 11.3 Å². The molecule has 0 bridgehead atoms. The summed E-state index contributed by atoms with van der Waals surface area (Å²) in [6, 6.07) is 7.49. The van der Waals surface area contributed by atoms with Gasteiger partial charge < -0.3 is 19.3 Å². The van der Waals surface area contributed by atoms with Gasteiger partial charge in [0.2, 0.25) is 0 Å². The van der Waals surface area contributed by atoms with Gasteiger partial charge in [0, 0.05) is 0 Å². The fourth-order valence-electron chi connectivity index (χ4n) is 2.61. The summed E-state index contributed by atoms with van der Waals surface area (Å²) < 4.78 is 14.6. The van der Waals surface area contributed by atoms with Crippen LogP contribution in [0.1, 0.15) is 37.7 Å². The molecule has 1 N–H and O–H groups in total. The Kier molecular flexibility index (Phi) is 6.16. The van der Waals surface area contributed by atoms with E-state index in [0.29, 0.717) is 18.5 Å². The Balaban J connectivity index is 2.44. The first-order valence-corrected chi connectivity index (χ1v) is 7.94. The number of aromatic nitrogens is 1. The number of carbonyl (C=O) groups excluding carboxylic acids is 2. The number of hydrogen-bond donors (Lipinski definition) is 1. The average Bonchev–Trinajstić information content (AvgIpc) is 2.67. The fourth-order valence-corrected chi connectivity index (χ4v) is 2.61. The number of rotatable bonds is 6. The highest BCUT2D eigenvalue weighted by molar-refractivity contribution is 6.05. The molecule has 2 rings (SSSR count). The Labute approximate surface area is 151 Å². The van der Waals surface area contributed by atoms with Crippen LogP contribution in [0.5, 0.6) is 11.5 Å². The molecule has 0 amide bonds. The van der Waals surface area contributed by atoms with Crippen LogP contribution in [0.15, 0.2) is 24.3 Å². The van der Waals surface area contributed by atoms with E-state index in [0.717, 1.165) is 11.3 Å². The molecule has 0 atom stereocenters. The van der Waals surface area contributed by atoms with Gasteiger partial charge in [0.25, 0.3) is 0 Å². The summed E-state index contributed by atoms with van der Waals surface area (Å²) in [5.41, 5.74) is 1.31. The largest absolute Gasteiger partial charge is 0.505 e. The van der Waals surface area contributed by atoms with Crippen LogP contribution in [-0.2, 0) is 22.3 Å². The van der Waals surface area contributed by atoms with Crippen LogP contribution in [0.4, 0.5) is 0 Å². The molecule has 2 aromatic rings. The smallest absolute Gasteiger partial charge is 0.342 e. The molecule has 0 saturated heterocycles. The van der Waals surface area contributed by atoms with Gasteiger partial charge in [0.05, 0.1) is 38.3 Å². The molecule has 0 fully saturated rings. The van der Waals surface area contributed by atoms with E-state index in [4.69, 9.17) is 14.2 Å². The number of carbonyl (C=O) groups is 2. The zero-order valence-corrected chi connectivity index (χ0v) is 15.2. The minimum Gasteiger partial charge on any atom is -0.505 e. The predicted molar refractivity (Wildman–Crippen MR) is 93.7 cm³/mol. The van der Waals surface area contributed by atoms with Crippen molar-refractivity contribution in [2.24, 2.45) is 0 Å². The van der Waals surface area contributed by atoms with Crippen LogP contribution in [0.3, 0.4) is 0 Å². The van der Waals surface area contributed by atoms with E-state index in [9.17, 15) is 14.7 Å². The van der Waals surface area contributed by atoms with Crippen molar-refractivity contribution < 1.29 is 28.9 Å². The normalized spacial score (nSPS) is 10.3. The molecular weight excluding hydrogens is 338 g/mol. The monoisotopic (exact) mass is 359 g/mol. The van der Waals surface area contributed by atoms with Gasteiger partial charge in [-0.25, -0.2) is 9.59 Å². The molecule has 0 aliphatic rings. The molecule has 1 aromatic heterocycles. The Hall–Kier alpha value is -3.09. The summed E-state index contributed by atoms with van der Waals surface area (Å²) in [5.74, 6) is -1.21. The van der Waals surface area contributed by atoms with Crippen molar-refractivity contribution in [2.45, 2.75) is 19.8 Å². The highest BCUT2D eigenvalue weighted by Crippen LogP contribution is 2.29. The number of pyridine rings is 1. The highest BCUT2D eigenvalue weighted by Gasteiger charge is 2.28. The molecule has 0 spiro atoms. The maximum atomic E-state index is 12.2. The lowest BCUT2D eigenvalue weighted by Gasteiger charge is -2.14. The van der Waals surface area contributed by atoms with E-state index in [1.807, 2.05) is 24.3 Å². The van der Waals surface area contributed by atoms with Gasteiger partial charge in [-0.05, 0) is 37.5 Å². The second kappa shape index (κ2) is 8.33. The first-order chi connectivity index (χ1) is 12.4. The van der Waals surface area contributed by atoms with Crippen molar-refractivity contribution >= 4 is 11.9 Å². The topological polar surface area (TPSA) is 95.0 Å².